The Bertz CT molecular complexity index is 893. The maximum absolute atomic E-state index is 8.49. The number of rotatable bonds is 3. The van der Waals surface area contributed by atoms with Gasteiger partial charge in [0.1, 0.15) is 0 Å². The van der Waals surface area contributed by atoms with Gasteiger partial charge in [-0.2, -0.15) is 0 Å². The SMILES string of the molecule is [O-][Cl+3]([O-])([O-])[O-].c1ccc(-c2cc(-c3ccccc3)[o+]c(-c3cccnc3)c2)cc1. The molecule has 0 saturated heterocycles. The molecule has 0 aliphatic rings. The third-order valence-corrected chi connectivity index (χ3v) is 3.90. The number of aromatic nitrogens is 1. The molecule has 7 heteroatoms. The van der Waals surface area contributed by atoms with Crippen molar-refractivity contribution in [3.63, 3.8) is 0 Å². The molecule has 0 radical (unpaired) electrons. The molecular weight excluding hydrogens is 394 g/mol. The second kappa shape index (κ2) is 9.38. The maximum Gasteiger partial charge on any atom is 0.362 e. The molecule has 0 N–H and O–H groups in total. The fourth-order valence-electron chi connectivity index (χ4n) is 2.69. The van der Waals surface area contributed by atoms with Gasteiger partial charge in [0.15, 0.2) is 0 Å². The Hall–Kier alpha value is -3.13. The fourth-order valence-corrected chi connectivity index (χ4v) is 2.69. The van der Waals surface area contributed by atoms with Crippen molar-refractivity contribution >= 4 is 0 Å². The van der Waals surface area contributed by atoms with E-state index in [1.807, 2.05) is 54.7 Å². The van der Waals surface area contributed by atoms with E-state index in [1.165, 1.54) is 0 Å². The average Bonchev–Trinajstić information content (AvgIpc) is 2.74. The van der Waals surface area contributed by atoms with Crippen LogP contribution in [0.4, 0.5) is 0 Å². The van der Waals surface area contributed by atoms with Crippen LogP contribution in [0.2, 0.25) is 0 Å². The van der Waals surface area contributed by atoms with Crippen molar-refractivity contribution in [2.75, 3.05) is 0 Å². The highest BCUT2D eigenvalue weighted by molar-refractivity contribution is 5.74. The van der Waals surface area contributed by atoms with Crippen LogP contribution in [0.25, 0.3) is 33.8 Å². The Morgan fingerprint density at radius 1 is 0.586 bits per heavy atom. The molecule has 0 amide bonds. The Kier molecular flexibility index (Phi) is 6.66. The van der Waals surface area contributed by atoms with Crippen molar-refractivity contribution < 1.29 is 33.3 Å². The van der Waals surface area contributed by atoms with Crippen LogP contribution in [0.3, 0.4) is 0 Å². The van der Waals surface area contributed by atoms with Gasteiger partial charge in [0, 0.05) is 18.0 Å². The summed E-state index contributed by atoms with van der Waals surface area (Å²) in [7, 11) is -4.94. The summed E-state index contributed by atoms with van der Waals surface area (Å²) in [6.45, 7) is 0. The van der Waals surface area contributed by atoms with Gasteiger partial charge in [-0.1, -0.05) is 48.5 Å². The quantitative estimate of drug-likeness (QED) is 0.469. The molecule has 4 aromatic rings. The van der Waals surface area contributed by atoms with Crippen LogP contribution < -0.4 is 18.6 Å². The van der Waals surface area contributed by atoms with E-state index in [2.05, 4.69) is 41.4 Å². The predicted molar refractivity (Wildman–Crippen MR) is 97.2 cm³/mol. The van der Waals surface area contributed by atoms with Gasteiger partial charge in [0.05, 0.1) is 23.3 Å². The van der Waals surface area contributed by atoms with Crippen molar-refractivity contribution in [2.45, 2.75) is 0 Å². The summed E-state index contributed by atoms with van der Waals surface area (Å²) in [4.78, 5) is 4.21. The van der Waals surface area contributed by atoms with Crippen LogP contribution in [0.15, 0.2) is 102 Å². The summed E-state index contributed by atoms with van der Waals surface area (Å²) in [6, 6.07) is 28.6. The maximum atomic E-state index is 8.49. The van der Waals surface area contributed by atoms with Gasteiger partial charge in [-0.25, -0.2) is 23.1 Å². The molecule has 0 atom stereocenters. The minimum Gasteiger partial charge on any atom is -0.264 e. The Labute approximate surface area is 169 Å². The van der Waals surface area contributed by atoms with Gasteiger partial charge in [-0.05, 0) is 29.8 Å². The highest BCUT2D eigenvalue weighted by atomic mass is 35.7. The van der Waals surface area contributed by atoms with Gasteiger partial charge >= 0.3 is 11.5 Å². The molecule has 4 rings (SSSR count). The smallest absolute Gasteiger partial charge is 0.264 e. The van der Waals surface area contributed by atoms with E-state index < -0.39 is 10.2 Å². The molecule has 0 bridgehead atoms. The first-order valence-corrected chi connectivity index (χ1v) is 9.75. The van der Waals surface area contributed by atoms with Crippen molar-refractivity contribution in [1.29, 1.82) is 0 Å². The number of hydrogen-bond acceptors (Lipinski definition) is 5. The van der Waals surface area contributed by atoms with Crippen LogP contribution >= 0.6 is 0 Å². The number of nitrogens with zero attached hydrogens (tertiary/aromatic N) is 1. The van der Waals surface area contributed by atoms with Gasteiger partial charge in [-0.3, -0.25) is 4.98 Å². The Morgan fingerprint density at radius 2 is 1.07 bits per heavy atom. The third kappa shape index (κ3) is 6.46. The van der Waals surface area contributed by atoms with Crippen LogP contribution in [0, 0.1) is 10.2 Å². The summed E-state index contributed by atoms with van der Waals surface area (Å²) >= 11 is 0. The zero-order chi connectivity index (χ0) is 20.7. The fraction of sp³-hybridized carbons (Fsp3) is 0. The van der Waals surface area contributed by atoms with Crippen LogP contribution in [0.1, 0.15) is 0 Å². The molecule has 0 aliphatic carbocycles. The van der Waals surface area contributed by atoms with Crippen molar-refractivity contribution in [3.05, 3.63) is 97.3 Å². The molecule has 0 aliphatic heterocycles. The van der Waals surface area contributed by atoms with Crippen molar-refractivity contribution in [3.8, 4) is 33.8 Å². The lowest BCUT2D eigenvalue weighted by atomic mass is 10.0. The summed E-state index contributed by atoms with van der Waals surface area (Å²) in [6.07, 6.45) is 3.59. The van der Waals surface area contributed by atoms with Crippen LogP contribution in [-0.2, 0) is 0 Å². The molecule has 6 nitrogen and oxygen atoms in total. The molecule has 146 valence electrons. The number of benzene rings is 2. The molecular formula is C22H16ClNO5. The van der Waals surface area contributed by atoms with E-state index >= 15 is 0 Å². The average molecular weight is 410 g/mol. The van der Waals surface area contributed by atoms with E-state index in [9.17, 15) is 0 Å². The van der Waals surface area contributed by atoms with Gasteiger partial charge in [0.2, 0.25) is 0 Å². The lowest BCUT2D eigenvalue weighted by molar-refractivity contribution is -2.00. The zero-order valence-corrected chi connectivity index (χ0v) is 15.9. The first kappa shape index (κ1) is 20.6. The first-order chi connectivity index (χ1) is 13.9. The second-order valence-corrected chi connectivity index (χ2v) is 6.68. The topological polar surface area (TPSA) is 116 Å². The number of pyridine rings is 1. The predicted octanol–water partition coefficient (Wildman–Crippen LogP) is 1.20. The molecule has 0 saturated carbocycles. The van der Waals surface area contributed by atoms with E-state index in [-0.39, 0.29) is 0 Å². The van der Waals surface area contributed by atoms with Crippen LogP contribution in [-0.4, -0.2) is 4.98 Å². The van der Waals surface area contributed by atoms with Crippen molar-refractivity contribution in [1.82, 2.24) is 4.98 Å². The highest BCUT2D eigenvalue weighted by Crippen LogP contribution is 2.32. The minimum absolute atomic E-state index is 0.809. The van der Waals surface area contributed by atoms with Crippen molar-refractivity contribution in [2.24, 2.45) is 0 Å². The lowest BCUT2D eigenvalue weighted by Crippen LogP contribution is -2.68. The van der Waals surface area contributed by atoms with Gasteiger partial charge in [0.25, 0.3) is 0 Å². The second-order valence-electron chi connectivity index (χ2n) is 5.93. The van der Waals surface area contributed by atoms with Gasteiger partial charge < -0.3 is 0 Å². The normalized spacial score (nSPS) is 10.8. The largest absolute Gasteiger partial charge is 0.362 e. The van der Waals surface area contributed by atoms with E-state index in [4.69, 9.17) is 23.1 Å². The van der Waals surface area contributed by atoms with E-state index in [0.29, 0.717) is 0 Å². The Balaban J connectivity index is 0.000000431. The molecule has 0 unspecified atom stereocenters. The third-order valence-electron chi connectivity index (χ3n) is 3.90. The molecule has 2 aromatic heterocycles. The zero-order valence-electron chi connectivity index (χ0n) is 15.1. The molecule has 2 aromatic carbocycles. The standard InChI is InChI=1S/C22H16NO.ClHO4/c1-3-8-17(9-4-1)20-14-21(18-10-5-2-6-11-18)24-22(15-20)19-12-7-13-23-16-19;2-1(3,4)5/h1-16H;(H,2,3,4,5)/q+1;/p-1. The lowest BCUT2D eigenvalue weighted by Gasteiger charge is -2.17. The van der Waals surface area contributed by atoms with Crippen LogP contribution in [0.5, 0.6) is 0 Å². The highest BCUT2D eigenvalue weighted by Gasteiger charge is 2.20. The molecule has 0 spiro atoms. The summed E-state index contributed by atoms with van der Waals surface area (Å²) in [5, 5.41) is 0. The van der Waals surface area contributed by atoms with E-state index in [0.717, 1.165) is 33.8 Å². The Morgan fingerprint density at radius 3 is 1.59 bits per heavy atom. The van der Waals surface area contributed by atoms with E-state index in [1.54, 1.807) is 6.20 Å². The van der Waals surface area contributed by atoms with Gasteiger partial charge in [-0.15, -0.1) is 10.2 Å². The number of hydrogen-bond donors (Lipinski definition) is 0. The first-order valence-electron chi connectivity index (χ1n) is 8.51. The summed E-state index contributed by atoms with van der Waals surface area (Å²) in [5.74, 6) is 1.65. The molecule has 29 heavy (non-hydrogen) atoms. The minimum atomic E-state index is -4.94. The number of halogens is 1. The molecule has 2 heterocycles. The summed E-state index contributed by atoms with van der Waals surface area (Å²) in [5.41, 5.74) is 4.31. The molecule has 0 fully saturated rings. The monoisotopic (exact) mass is 409 g/mol. The summed E-state index contributed by atoms with van der Waals surface area (Å²) < 4.78 is 40.1.